The maximum atomic E-state index is 11.8. The zero-order valence-corrected chi connectivity index (χ0v) is 13.8. The molecule has 3 aromatic rings. The largest absolute Gasteiger partial charge is 0.361 e. The van der Waals surface area contributed by atoms with Gasteiger partial charge >= 0.3 is 6.03 Å². The van der Waals surface area contributed by atoms with Gasteiger partial charge in [0.15, 0.2) is 0 Å². The van der Waals surface area contributed by atoms with Gasteiger partial charge in [0, 0.05) is 34.9 Å². The molecule has 0 saturated carbocycles. The van der Waals surface area contributed by atoms with Crippen LogP contribution in [-0.4, -0.2) is 17.6 Å². The molecule has 122 valence electrons. The quantitative estimate of drug-likeness (QED) is 0.636. The molecule has 24 heavy (non-hydrogen) atoms. The van der Waals surface area contributed by atoms with Crippen molar-refractivity contribution in [1.29, 1.82) is 0 Å². The van der Waals surface area contributed by atoms with Crippen LogP contribution in [0.1, 0.15) is 11.1 Å². The van der Waals surface area contributed by atoms with Crippen LogP contribution in [0.3, 0.4) is 0 Å². The van der Waals surface area contributed by atoms with Crippen LogP contribution in [-0.2, 0) is 6.42 Å². The van der Waals surface area contributed by atoms with E-state index in [2.05, 4.69) is 21.7 Å². The molecule has 3 N–H and O–H groups in total. The van der Waals surface area contributed by atoms with Crippen molar-refractivity contribution in [2.24, 2.45) is 0 Å². The van der Waals surface area contributed by atoms with E-state index >= 15 is 0 Å². The fraction of sp³-hybridized carbons (Fsp3) is 0.105. The number of halogens is 1. The van der Waals surface area contributed by atoms with E-state index < -0.39 is 0 Å². The van der Waals surface area contributed by atoms with Crippen LogP contribution in [0.25, 0.3) is 17.0 Å². The van der Waals surface area contributed by atoms with E-state index in [1.54, 1.807) is 12.3 Å². The third kappa shape index (κ3) is 4.18. The van der Waals surface area contributed by atoms with Crippen LogP contribution in [0.5, 0.6) is 0 Å². The van der Waals surface area contributed by atoms with Gasteiger partial charge in [0.1, 0.15) is 0 Å². The van der Waals surface area contributed by atoms with Crippen LogP contribution < -0.4 is 10.6 Å². The second-order valence-corrected chi connectivity index (χ2v) is 5.83. The van der Waals surface area contributed by atoms with Gasteiger partial charge in [0.05, 0.1) is 0 Å². The summed E-state index contributed by atoms with van der Waals surface area (Å²) in [6, 6.07) is 15.3. The molecule has 3 rings (SSSR count). The van der Waals surface area contributed by atoms with E-state index in [0.29, 0.717) is 11.6 Å². The van der Waals surface area contributed by atoms with E-state index in [-0.39, 0.29) is 6.03 Å². The molecule has 2 amide bonds. The van der Waals surface area contributed by atoms with Crippen molar-refractivity contribution in [2.45, 2.75) is 6.42 Å². The van der Waals surface area contributed by atoms with Crippen molar-refractivity contribution < 1.29 is 4.79 Å². The number of carbonyl (C=O) groups is 1. The number of carbonyl (C=O) groups excluding carboxylic acids is 1. The Hall–Kier alpha value is -2.72. The number of aromatic amines is 1. The molecule has 0 aliphatic rings. The Morgan fingerprint density at radius 2 is 2.04 bits per heavy atom. The Kier molecular flexibility index (Phi) is 5.18. The molecule has 0 bridgehead atoms. The number of aromatic nitrogens is 1. The van der Waals surface area contributed by atoms with E-state index in [4.69, 9.17) is 11.6 Å². The number of hydrogen-bond acceptors (Lipinski definition) is 1. The van der Waals surface area contributed by atoms with Crippen molar-refractivity contribution in [2.75, 3.05) is 6.54 Å². The maximum Gasteiger partial charge on any atom is 0.318 e. The van der Waals surface area contributed by atoms with Gasteiger partial charge in [-0.15, -0.1) is 0 Å². The van der Waals surface area contributed by atoms with Gasteiger partial charge < -0.3 is 15.6 Å². The van der Waals surface area contributed by atoms with Crippen molar-refractivity contribution in [3.8, 4) is 0 Å². The predicted octanol–water partition coefficient (Wildman–Crippen LogP) is 4.33. The summed E-state index contributed by atoms with van der Waals surface area (Å²) in [5, 5.41) is 7.39. The highest BCUT2D eigenvalue weighted by Gasteiger charge is 2.03. The Morgan fingerprint density at radius 1 is 1.17 bits per heavy atom. The first kappa shape index (κ1) is 16.1. The number of nitrogens with one attached hydrogen (secondary N) is 3. The molecule has 1 aromatic heterocycles. The van der Waals surface area contributed by atoms with Gasteiger partial charge in [-0.1, -0.05) is 41.9 Å². The Morgan fingerprint density at radius 3 is 2.92 bits per heavy atom. The number of benzene rings is 2. The molecule has 2 aromatic carbocycles. The first-order valence-electron chi connectivity index (χ1n) is 7.74. The number of amides is 2. The van der Waals surface area contributed by atoms with E-state index in [9.17, 15) is 4.79 Å². The summed E-state index contributed by atoms with van der Waals surface area (Å²) in [5.74, 6) is 0. The normalized spacial score (nSPS) is 11.0. The van der Waals surface area contributed by atoms with Gasteiger partial charge in [-0.05, 0) is 41.8 Å². The van der Waals surface area contributed by atoms with Gasteiger partial charge in [-0.3, -0.25) is 0 Å². The van der Waals surface area contributed by atoms with E-state index in [1.807, 2.05) is 48.7 Å². The molecule has 0 atom stereocenters. The lowest BCUT2D eigenvalue weighted by Gasteiger charge is -2.04. The number of fused-ring (bicyclic) bond motifs is 1. The van der Waals surface area contributed by atoms with Gasteiger partial charge in [-0.25, -0.2) is 4.79 Å². The lowest BCUT2D eigenvalue weighted by Crippen LogP contribution is -2.33. The second kappa shape index (κ2) is 7.70. The van der Waals surface area contributed by atoms with Crippen LogP contribution in [0.15, 0.2) is 60.9 Å². The maximum absolute atomic E-state index is 11.8. The summed E-state index contributed by atoms with van der Waals surface area (Å²) in [5.41, 5.74) is 3.24. The van der Waals surface area contributed by atoms with Crippen LogP contribution >= 0.6 is 11.6 Å². The fourth-order valence-corrected chi connectivity index (χ4v) is 2.72. The van der Waals surface area contributed by atoms with Crippen LogP contribution in [0.4, 0.5) is 4.79 Å². The SMILES string of the molecule is O=C(N/C=C/c1cccc(Cl)c1)NCCc1c[nH]c2ccccc12. The van der Waals surface area contributed by atoms with E-state index in [0.717, 1.165) is 17.5 Å². The molecule has 0 saturated heterocycles. The zero-order valence-electron chi connectivity index (χ0n) is 13.1. The van der Waals surface area contributed by atoms with Crippen molar-refractivity contribution in [3.05, 3.63) is 77.1 Å². The third-order valence-electron chi connectivity index (χ3n) is 3.69. The smallest absolute Gasteiger partial charge is 0.318 e. The number of para-hydroxylation sites is 1. The summed E-state index contributed by atoms with van der Waals surface area (Å²) >= 11 is 5.91. The van der Waals surface area contributed by atoms with E-state index in [1.165, 1.54) is 10.9 Å². The monoisotopic (exact) mass is 339 g/mol. The minimum absolute atomic E-state index is 0.229. The molecule has 0 aliphatic heterocycles. The van der Waals surface area contributed by atoms with Crippen molar-refractivity contribution in [3.63, 3.8) is 0 Å². The van der Waals surface area contributed by atoms with Gasteiger partial charge in [0.2, 0.25) is 0 Å². The highest BCUT2D eigenvalue weighted by atomic mass is 35.5. The van der Waals surface area contributed by atoms with Crippen LogP contribution in [0.2, 0.25) is 5.02 Å². The molecule has 5 heteroatoms. The first-order chi connectivity index (χ1) is 11.7. The number of hydrogen-bond donors (Lipinski definition) is 3. The second-order valence-electron chi connectivity index (χ2n) is 5.40. The standard InChI is InChI=1S/C19H18ClN3O/c20-16-5-3-4-14(12-16)8-10-21-19(24)22-11-9-15-13-23-18-7-2-1-6-17(15)18/h1-8,10,12-13,23H,9,11H2,(H2,21,22,24)/b10-8+. The third-order valence-corrected chi connectivity index (χ3v) is 3.93. The minimum atomic E-state index is -0.229. The molecule has 1 heterocycles. The summed E-state index contributed by atoms with van der Waals surface area (Å²) < 4.78 is 0. The number of urea groups is 1. The van der Waals surface area contributed by atoms with Gasteiger partial charge in [0.25, 0.3) is 0 Å². The molecule has 0 spiro atoms. The molecule has 0 fully saturated rings. The molecule has 4 nitrogen and oxygen atoms in total. The minimum Gasteiger partial charge on any atom is -0.361 e. The lowest BCUT2D eigenvalue weighted by atomic mass is 10.1. The van der Waals surface area contributed by atoms with Crippen LogP contribution in [0, 0.1) is 0 Å². The fourth-order valence-electron chi connectivity index (χ4n) is 2.52. The van der Waals surface area contributed by atoms with Crippen molar-refractivity contribution in [1.82, 2.24) is 15.6 Å². The molecule has 0 aliphatic carbocycles. The predicted molar refractivity (Wildman–Crippen MR) is 99.0 cm³/mol. The Labute approximate surface area is 145 Å². The number of rotatable bonds is 5. The summed E-state index contributed by atoms with van der Waals surface area (Å²) in [7, 11) is 0. The first-order valence-corrected chi connectivity index (χ1v) is 8.11. The highest BCUT2D eigenvalue weighted by Crippen LogP contribution is 2.17. The highest BCUT2D eigenvalue weighted by molar-refractivity contribution is 6.30. The molecule has 0 unspecified atom stereocenters. The average molecular weight is 340 g/mol. The average Bonchev–Trinajstić information content (AvgIpc) is 2.98. The number of H-pyrrole nitrogens is 1. The Balaban J connectivity index is 1.46. The summed E-state index contributed by atoms with van der Waals surface area (Å²) in [6.45, 7) is 0.568. The van der Waals surface area contributed by atoms with Gasteiger partial charge in [-0.2, -0.15) is 0 Å². The summed E-state index contributed by atoms with van der Waals surface area (Å²) in [4.78, 5) is 15.0. The lowest BCUT2D eigenvalue weighted by molar-refractivity contribution is 0.244. The zero-order chi connectivity index (χ0) is 16.8. The Bertz CT molecular complexity index is 870. The molecular formula is C19H18ClN3O. The molecular weight excluding hydrogens is 322 g/mol. The topological polar surface area (TPSA) is 56.9 Å². The molecule has 0 radical (unpaired) electrons. The summed E-state index contributed by atoms with van der Waals surface area (Å²) in [6.07, 6.45) is 6.16. The van der Waals surface area contributed by atoms with Crippen molar-refractivity contribution >= 4 is 34.6 Å².